The van der Waals surface area contributed by atoms with Crippen LogP contribution in [0.25, 0.3) is 0 Å². The molecule has 1 atom stereocenters. The van der Waals surface area contributed by atoms with E-state index in [9.17, 15) is 0 Å². The summed E-state index contributed by atoms with van der Waals surface area (Å²) in [6.07, 6.45) is 5.49. The highest BCUT2D eigenvalue weighted by Gasteiger charge is 2.00. The Bertz CT molecular complexity index is 176. The first-order valence-corrected chi connectivity index (χ1v) is 3.93. The molecule has 0 aliphatic rings. The third-order valence-electron chi connectivity index (χ3n) is 1.34. The van der Waals surface area contributed by atoms with Crippen molar-refractivity contribution < 1.29 is 3.07 Å². The number of aromatic nitrogens is 2. The zero-order valence-corrected chi connectivity index (χ0v) is 7.85. The third kappa shape index (κ3) is 1.95. The fourth-order valence-electron chi connectivity index (χ4n) is 0.707. The Labute approximate surface area is 74.1 Å². The molecule has 10 heavy (non-hydrogen) atoms. The lowest BCUT2D eigenvalue weighted by Crippen LogP contribution is -2.06. The summed E-state index contributed by atoms with van der Waals surface area (Å²) in [6, 6.07) is 0.374. The molecule has 0 fully saturated rings. The molecule has 0 amide bonds. The van der Waals surface area contributed by atoms with Crippen LogP contribution < -0.4 is 0 Å². The highest BCUT2D eigenvalue weighted by atomic mass is 127. The van der Waals surface area contributed by atoms with Crippen LogP contribution in [0.3, 0.4) is 0 Å². The van der Waals surface area contributed by atoms with E-state index in [1.807, 2.05) is 33.8 Å². The second kappa shape index (κ2) is 3.92. The van der Waals surface area contributed by atoms with E-state index in [1.165, 1.54) is 0 Å². The fourth-order valence-corrected chi connectivity index (χ4v) is 1.23. The first-order valence-electron chi connectivity index (χ1n) is 3.05. The summed E-state index contributed by atoms with van der Waals surface area (Å²) in [5.74, 6) is 0. The first kappa shape index (κ1) is 8.00. The monoisotopic (exact) mass is 252 g/mol. The average molecular weight is 252 g/mol. The van der Waals surface area contributed by atoms with E-state index >= 15 is 0 Å². The van der Waals surface area contributed by atoms with Gasteiger partial charge in [0.1, 0.15) is 23.0 Å². The Morgan fingerprint density at radius 3 is 3.10 bits per heavy atom. The Morgan fingerprint density at radius 2 is 2.60 bits per heavy atom. The Balaban J connectivity index is 2.50. The molecule has 3 nitrogen and oxygen atoms in total. The predicted octanol–water partition coefficient (Wildman–Crippen LogP) is 1.81. The van der Waals surface area contributed by atoms with Crippen LogP contribution in [0, 0.1) is 0 Å². The molecule has 1 aromatic rings. The fraction of sp³-hybridized carbons (Fsp3) is 0.500. The minimum Gasteiger partial charge on any atom is -0.332 e. The minimum absolute atomic E-state index is 0.374. The Hall–Kier alpha value is -0.100. The van der Waals surface area contributed by atoms with Crippen molar-refractivity contribution in [2.45, 2.75) is 13.0 Å². The van der Waals surface area contributed by atoms with E-state index in [4.69, 9.17) is 3.07 Å². The number of nitrogens with zero attached hydrogens (tertiary/aromatic N) is 2. The zero-order chi connectivity index (χ0) is 7.40. The molecule has 0 aliphatic heterocycles. The summed E-state index contributed by atoms with van der Waals surface area (Å²) in [4.78, 5) is 3.93. The molecule has 4 heteroatoms. The summed E-state index contributed by atoms with van der Waals surface area (Å²) < 4.78 is 6.96. The Morgan fingerprint density at radius 1 is 1.80 bits per heavy atom. The Kier molecular flexibility index (Phi) is 3.14. The van der Waals surface area contributed by atoms with Crippen LogP contribution in [0.15, 0.2) is 18.7 Å². The smallest absolute Gasteiger partial charge is 0.109 e. The van der Waals surface area contributed by atoms with Gasteiger partial charge in [-0.25, -0.2) is 4.98 Å². The highest BCUT2D eigenvalue weighted by molar-refractivity contribution is 14.1. The van der Waals surface area contributed by atoms with Crippen LogP contribution in [0.1, 0.15) is 13.0 Å². The second-order valence-corrected chi connectivity index (χ2v) is 2.76. The van der Waals surface area contributed by atoms with Crippen molar-refractivity contribution in [1.29, 1.82) is 0 Å². The maximum atomic E-state index is 4.95. The average Bonchev–Trinajstić information content (AvgIpc) is 2.38. The van der Waals surface area contributed by atoms with Crippen LogP contribution in [-0.4, -0.2) is 16.2 Å². The largest absolute Gasteiger partial charge is 0.332 e. The van der Waals surface area contributed by atoms with Gasteiger partial charge in [-0.15, -0.1) is 0 Å². The zero-order valence-electron chi connectivity index (χ0n) is 5.70. The topological polar surface area (TPSA) is 27.1 Å². The van der Waals surface area contributed by atoms with Crippen molar-refractivity contribution >= 4 is 23.0 Å². The van der Waals surface area contributed by atoms with Gasteiger partial charge in [0.2, 0.25) is 0 Å². The molecule has 0 saturated carbocycles. The molecule has 0 radical (unpaired) electrons. The van der Waals surface area contributed by atoms with Gasteiger partial charge in [0.05, 0.1) is 19.0 Å². The molecular formula is C6H9IN2O. The van der Waals surface area contributed by atoms with Crippen LogP contribution in [-0.2, 0) is 3.07 Å². The number of imidazole rings is 1. The molecule has 0 spiro atoms. The molecule has 1 rings (SSSR count). The molecule has 0 aromatic carbocycles. The lowest BCUT2D eigenvalue weighted by atomic mass is 10.4. The van der Waals surface area contributed by atoms with Gasteiger partial charge in [0.15, 0.2) is 0 Å². The molecule has 0 saturated heterocycles. The summed E-state index contributed by atoms with van der Waals surface area (Å²) in [7, 11) is 0. The normalized spacial score (nSPS) is 13.4. The third-order valence-corrected chi connectivity index (χ3v) is 1.70. The summed E-state index contributed by atoms with van der Waals surface area (Å²) in [6.45, 7) is 2.80. The molecule has 56 valence electrons. The summed E-state index contributed by atoms with van der Waals surface area (Å²) in [5, 5.41) is 0. The molecule has 1 aromatic heterocycles. The molecule has 0 aliphatic carbocycles. The van der Waals surface area contributed by atoms with Crippen LogP contribution in [0.2, 0.25) is 0 Å². The van der Waals surface area contributed by atoms with Crippen molar-refractivity contribution in [3.63, 3.8) is 0 Å². The molecular weight excluding hydrogens is 243 g/mol. The number of hydrogen-bond donors (Lipinski definition) is 0. The molecule has 0 bridgehead atoms. The maximum absolute atomic E-state index is 4.95. The summed E-state index contributed by atoms with van der Waals surface area (Å²) >= 11 is 1.89. The number of halogens is 1. The highest BCUT2D eigenvalue weighted by Crippen LogP contribution is 2.05. The molecule has 1 heterocycles. The van der Waals surface area contributed by atoms with Gasteiger partial charge in [-0.2, -0.15) is 0 Å². The van der Waals surface area contributed by atoms with Crippen LogP contribution in [0.5, 0.6) is 0 Å². The standard InChI is InChI=1S/C6H9IN2O/c1-6(4-10-7)9-3-2-8-5-9/h2-3,5-6H,4H2,1H3/t6-/m1/s1. The van der Waals surface area contributed by atoms with Crippen molar-refractivity contribution in [2.24, 2.45) is 0 Å². The second-order valence-electron chi connectivity index (χ2n) is 2.13. The van der Waals surface area contributed by atoms with Gasteiger partial charge in [0.25, 0.3) is 0 Å². The van der Waals surface area contributed by atoms with E-state index in [0.717, 1.165) is 6.61 Å². The van der Waals surface area contributed by atoms with E-state index < -0.39 is 0 Å². The van der Waals surface area contributed by atoms with Gasteiger partial charge >= 0.3 is 0 Å². The van der Waals surface area contributed by atoms with E-state index in [1.54, 1.807) is 12.5 Å². The van der Waals surface area contributed by atoms with Gasteiger partial charge < -0.3 is 7.63 Å². The molecule has 0 unspecified atom stereocenters. The van der Waals surface area contributed by atoms with Gasteiger partial charge in [-0.1, -0.05) is 0 Å². The van der Waals surface area contributed by atoms with E-state index in [0.29, 0.717) is 6.04 Å². The van der Waals surface area contributed by atoms with Crippen molar-refractivity contribution in [1.82, 2.24) is 9.55 Å². The lowest BCUT2D eigenvalue weighted by molar-refractivity contribution is 0.336. The van der Waals surface area contributed by atoms with E-state index in [2.05, 4.69) is 11.9 Å². The summed E-state index contributed by atoms with van der Waals surface area (Å²) in [5.41, 5.74) is 0. The quantitative estimate of drug-likeness (QED) is 0.767. The van der Waals surface area contributed by atoms with Gasteiger partial charge in [-0.05, 0) is 6.92 Å². The van der Waals surface area contributed by atoms with E-state index in [-0.39, 0.29) is 0 Å². The number of hydrogen-bond acceptors (Lipinski definition) is 2. The minimum atomic E-state index is 0.374. The van der Waals surface area contributed by atoms with Crippen LogP contribution in [0.4, 0.5) is 0 Å². The SMILES string of the molecule is C[C@H](COI)n1ccnc1. The van der Waals surface area contributed by atoms with Crippen molar-refractivity contribution in [3.05, 3.63) is 18.7 Å². The predicted molar refractivity (Wildman–Crippen MR) is 46.9 cm³/mol. The molecule has 0 N–H and O–H groups in total. The lowest BCUT2D eigenvalue weighted by Gasteiger charge is -2.09. The van der Waals surface area contributed by atoms with Crippen LogP contribution >= 0.6 is 23.0 Å². The number of rotatable bonds is 3. The van der Waals surface area contributed by atoms with Gasteiger partial charge in [0, 0.05) is 12.4 Å². The first-order chi connectivity index (χ1) is 4.84. The van der Waals surface area contributed by atoms with Crippen molar-refractivity contribution in [2.75, 3.05) is 6.61 Å². The maximum Gasteiger partial charge on any atom is 0.109 e. The van der Waals surface area contributed by atoms with Gasteiger partial charge in [-0.3, -0.25) is 0 Å². The van der Waals surface area contributed by atoms with Crippen molar-refractivity contribution in [3.8, 4) is 0 Å².